The van der Waals surface area contributed by atoms with Gasteiger partial charge >= 0.3 is 175 Å². The predicted molar refractivity (Wildman–Crippen MR) is 118 cm³/mol. The average Bonchev–Trinajstić information content (AvgIpc) is 3.25. The number of hydrogen-bond acceptors (Lipinski definition) is 0. The van der Waals surface area contributed by atoms with Crippen LogP contribution in [0.15, 0.2) is 72.4 Å². The minimum Gasteiger partial charge on any atom is -1.00 e. The van der Waals surface area contributed by atoms with E-state index < -0.39 is 25.6 Å². The van der Waals surface area contributed by atoms with Crippen LogP contribution in [0.2, 0.25) is 6.55 Å². The van der Waals surface area contributed by atoms with Crippen molar-refractivity contribution >= 4 is 10.7 Å². The number of hydrogen-bond donors (Lipinski definition) is 0. The predicted octanol–water partition coefficient (Wildman–Crippen LogP) is 0.661. The van der Waals surface area contributed by atoms with E-state index in [-0.39, 0.29) is 35.6 Å². The first-order valence-corrected chi connectivity index (χ1v) is 21.1. The monoisotopic (exact) mass is 612 g/mol. The van der Waals surface area contributed by atoms with Crippen molar-refractivity contribution in [3.8, 4) is 0 Å². The normalized spacial score (nSPS) is 15.8. The molecule has 0 atom stereocenters. The molecule has 2 aliphatic rings. The summed E-state index contributed by atoms with van der Waals surface area (Å²) in [4.78, 5) is 0. The van der Waals surface area contributed by atoms with Gasteiger partial charge in [-0.3, -0.25) is 0 Å². The molecule has 29 heavy (non-hydrogen) atoms. The SMILES string of the molecule is C[Si](c1ccccc1)=[Hf+2]([C]1=CC(C(C)(C)C)=CC1)[C]1=CC(C(C)(C)C)=CC1.[Cl-].[Cl-]. The standard InChI is InChI=1S/2C9H13.C7H8Si.2ClH.Hf/c2*1-9(2,3)8-6-4-5-7-8;1-8-7-5-3-2-4-6-7;;;/h2*6-7H,4H2,1-3H3;2-6H,1H3;2*1H;/q;;;;;+2/p-2. The van der Waals surface area contributed by atoms with Gasteiger partial charge in [-0.1, -0.05) is 0 Å². The topological polar surface area (TPSA) is 0 Å². The Morgan fingerprint density at radius 3 is 1.48 bits per heavy atom. The quantitative estimate of drug-likeness (QED) is 0.441. The van der Waals surface area contributed by atoms with Crippen LogP contribution in [0.4, 0.5) is 0 Å². The molecule has 2 aliphatic carbocycles. The van der Waals surface area contributed by atoms with Crippen LogP contribution in [-0.2, 0) is 20.1 Å². The van der Waals surface area contributed by atoms with Gasteiger partial charge in [0.05, 0.1) is 0 Å². The molecule has 0 spiro atoms. The van der Waals surface area contributed by atoms with Crippen molar-refractivity contribution in [2.45, 2.75) is 60.9 Å². The second kappa shape index (κ2) is 10.4. The van der Waals surface area contributed by atoms with Crippen LogP contribution in [0.1, 0.15) is 54.4 Å². The molecule has 0 radical (unpaired) electrons. The Kier molecular flexibility index (Phi) is 9.68. The number of rotatable bonds is 3. The van der Waals surface area contributed by atoms with Gasteiger partial charge in [-0.2, -0.15) is 0 Å². The molecule has 0 saturated heterocycles. The average molecular weight is 612 g/mol. The summed E-state index contributed by atoms with van der Waals surface area (Å²) in [5, 5.41) is 1.64. The van der Waals surface area contributed by atoms with Crippen molar-refractivity contribution in [2.75, 3.05) is 0 Å². The van der Waals surface area contributed by atoms with Crippen LogP contribution in [0, 0.1) is 10.8 Å². The molecule has 0 unspecified atom stereocenters. The third kappa shape index (κ3) is 6.42. The molecule has 3 rings (SSSR count). The Morgan fingerprint density at radius 1 is 0.724 bits per heavy atom. The van der Waals surface area contributed by atoms with Gasteiger partial charge in [0, 0.05) is 0 Å². The first-order valence-electron chi connectivity index (χ1n) is 10.2. The summed E-state index contributed by atoms with van der Waals surface area (Å²) in [6.45, 7) is 16.7. The Balaban J connectivity index is 0.00000210. The molecule has 1 aromatic carbocycles. The van der Waals surface area contributed by atoms with Gasteiger partial charge in [-0.25, -0.2) is 0 Å². The van der Waals surface area contributed by atoms with Gasteiger partial charge in [0.25, 0.3) is 0 Å². The molecule has 0 bridgehead atoms. The summed E-state index contributed by atoms with van der Waals surface area (Å²) < 4.78 is 3.69. The molecule has 0 fully saturated rings. The molecule has 0 aliphatic heterocycles. The van der Waals surface area contributed by atoms with Gasteiger partial charge in [0.15, 0.2) is 0 Å². The first-order chi connectivity index (χ1) is 12.6. The minimum atomic E-state index is -2.09. The molecular formula is C25H34Cl2HfSi. The molecule has 0 saturated carbocycles. The van der Waals surface area contributed by atoms with Crippen LogP contribution in [0.25, 0.3) is 0 Å². The van der Waals surface area contributed by atoms with Crippen LogP contribution in [0.5, 0.6) is 0 Å². The molecule has 4 heteroatoms. The van der Waals surface area contributed by atoms with E-state index in [2.05, 4.69) is 103 Å². The van der Waals surface area contributed by atoms with Gasteiger partial charge < -0.3 is 24.8 Å². The van der Waals surface area contributed by atoms with Crippen molar-refractivity contribution in [3.63, 3.8) is 0 Å². The van der Waals surface area contributed by atoms with E-state index in [9.17, 15) is 0 Å². The zero-order chi connectivity index (χ0) is 19.8. The molecule has 156 valence electrons. The zero-order valence-electron chi connectivity index (χ0n) is 18.9. The van der Waals surface area contributed by atoms with E-state index >= 15 is 0 Å². The van der Waals surface area contributed by atoms with Crippen molar-refractivity contribution in [1.82, 2.24) is 0 Å². The second-order valence-electron chi connectivity index (χ2n) is 9.93. The Hall–Kier alpha value is -0.153. The molecule has 0 aromatic heterocycles. The Labute approximate surface area is 198 Å². The van der Waals surface area contributed by atoms with E-state index in [1.807, 2.05) is 6.66 Å². The second-order valence-corrected chi connectivity index (χ2v) is 31.2. The maximum Gasteiger partial charge on any atom is -1.00 e. The summed E-state index contributed by atoms with van der Waals surface area (Å²) in [6.07, 6.45) is 12.7. The maximum atomic E-state index is 2.62. The first kappa shape index (κ1) is 26.9. The smallest absolute Gasteiger partial charge is 1.00 e. The van der Waals surface area contributed by atoms with Gasteiger partial charge in [-0.05, 0) is 0 Å². The molecular weight excluding hydrogens is 578 g/mol. The van der Waals surface area contributed by atoms with E-state index in [4.69, 9.17) is 0 Å². The van der Waals surface area contributed by atoms with Crippen molar-refractivity contribution in [2.24, 2.45) is 10.8 Å². The van der Waals surface area contributed by atoms with E-state index in [1.54, 1.807) is 16.3 Å². The zero-order valence-corrected chi connectivity index (χ0v) is 25.0. The number of allylic oxidation sites excluding steroid dienone is 8. The van der Waals surface area contributed by atoms with E-state index in [0.29, 0.717) is 0 Å². The van der Waals surface area contributed by atoms with Crippen molar-refractivity contribution in [1.29, 1.82) is 0 Å². The van der Waals surface area contributed by atoms with Crippen LogP contribution >= 0.6 is 0 Å². The largest absolute Gasteiger partial charge is 1.00 e. The summed E-state index contributed by atoms with van der Waals surface area (Å²) in [7, 11) is 0. The Morgan fingerprint density at radius 2 is 1.14 bits per heavy atom. The fraction of sp³-hybridized carbons (Fsp3) is 0.440. The molecule has 1 aromatic rings. The summed E-state index contributed by atoms with van der Waals surface area (Å²) in [5.74, 6) is 0. The summed E-state index contributed by atoms with van der Waals surface area (Å²) in [6, 6.07) is 11.4. The fourth-order valence-electron chi connectivity index (χ4n) is 3.97. The third-order valence-corrected chi connectivity index (χ3v) is 31.2. The van der Waals surface area contributed by atoms with Gasteiger partial charge in [0.2, 0.25) is 0 Å². The van der Waals surface area contributed by atoms with E-state index in [1.165, 1.54) is 12.8 Å². The minimum absolute atomic E-state index is 0. The van der Waals surface area contributed by atoms with Crippen molar-refractivity contribution in [3.05, 3.63) is 72.4 Å². The molecule has 0 heterocycles. The van der Waals surface area contributed by atoms with Crippen molar-refractivity contribution < 1.29 is 44.9 Å². The van der Waals surface area contributed by atoms with Crippen LogP contribution < -0.4 is 30.0 Å². The molecule has 0 nitrogen and oxygen atoms in total. The maximum absolute atomic E-state index is 2.62. The molecule has 0 N–H and O–H groups in total. The summed E-state index contributed by atoms with van der Waals surface area (Å²) in [5.41, 5.74) is 3.16. The van der Waals surface area contributed by atoms with Crippen LogP contribution in [0.3, 0.4) is 0 Å². The summed E-state index contributed by atoms with van der Waals surface area (Å²) >= 11 is -2.09. The van der Waals surface area contributed by atoms with Gasteiger partial charge in [0.1, 0.15) is 0 Å². The third-order valence-electron chi connectivity index (χ3n) is 5.70. The fourth-order valence-corrected chi connectivity index (χ4v) is 29.9. The van der Waals surface area contributed by atoms with Gasteiger partial charge in [-0.15, -0.1) is 0 Å². The van der Waals surface area contributed by atoms with Crippen LogP contribution in [-0.4, -0.2) is 5.49 Å². The Bertz CT molecular complexity index is 839. The number of benzene rings is 1. The molecule has 0 amide bonds. The number of halogens is 2. The van der Waals surface area contributed by atoms with E-state index in [0.717, 1.165) is 0 Å².